The van der Waals surface area contributed by atoms with Gasteiger partial charge in [0, 0.05) is 54.9 Å². The van der Waals surface area contributed by atoms with Crippen LogP contribution in [0.2, 0.25) is 0 Å². The Morgan fingerprint density at radius 1 is 0.789 bits per heavy atom. The van der Waals surface area contributed by atoms with Crippen LogP contribution >= 0.6 is 0 Å². The van der Waals surface area contributed by atoms with Crippen molar-refractivity contribution >= 4 is 46.4 Å². The minimum atomic E-state index is -1.32. The predicted octanol–water partition coefficient (Wildman–Crippen LogP) is 1.17. The second kappa shape index (κ2) is 21.1. The SMILES string of the molecule is C[C@@H](O)[C@@H](CC(N)=O)NC(=O)C[C@H](CCCCN)NC(=O)[C@H](Cc1c[nH]c2ccccc12)NC(=O)C[C@H](Cc1ccc(O)cc1)NC(=O)c1cccc(C(=O)O)n1. The molecule has 0 saturated carbocycles. The maximum atomic E-state index is 14.2. The predicted molar refractivity (Wildman–Crippen MR) is 210 cm³/mol. The summed E-state index contributed by atoms with van der Waals surface area (Å²) in [6.45, 7) is 1.80. The molecule has 0 saturated heterocycles. The van der Waals surface area contributed by atoms with E-state index in [0.717, 1.165) is 16.5 Å². The Morgan fingerprint density at radius 3 is 2.16 bits per heavy atom. The van der Waals surface area contributed by atoms with E-state index in [-0.39, 0.29) is 49.2 Å². The highest BCUT2D eigenvalue weighted by Crippen LogP contribution is 2.20. The van der Waals surface area contributed by atoms with E-state index in [1.807, 2.05) is 24.3 Å². The van der Waals surface area contributed by atoms with E-state index in [2.05, 4.69) is 31.2 Å². The fourth-order valence-electron chi connectivity index (χ4n) is 6.35. The van der Waals surface area contributed by atoms with Crippen LogP contribution in [0.1, 0.15) is 77.6 Å². The molecular weight excluding hydrogens is 736 g/mol. The van der Waals surface area contributed by atoms with Gasteiger partial charge in [-0.05, 0) is 74.2 Å². The highest BCUT2D eigenvalue weighted by atomic mass is 16.4. The summed E-state index contributed by atoms with van der Waals surface area (Å²) in [5.74, 6) is -4.46. The van der Waals surface area contributed by atoms with Gasteiger partial charge in [-0.2, -0.15) is 0 Å². The van der Waals surface area contributed by atoms with Crippen LogP contribution in [0.15, 0.2) is 72.9 Å². The molecule has 5 amide bonds. The van der Waals surface area contributed by atoms with Gasteiger partial charge in [-0.25, -0.2) is 9.78 Å². The number of aliphatic hydroxyl groups is 1. The number of aromatic carboxylic acids is 1. The number of unbranched alkanes of at least 4 members (excludes halogenated alkanes) is 1. The number of hydrogen-bond donors (Lipinski definition) is 10. The highest BCUT2D eigenvalue weighted by molar-refractivity contribution is 5.95. The molecule has 4 rings (SSSR count). The summed E-state index contributed by atoms with van der Waals surface area (Å²) in [6.07, 6.45) is 1.58. The number of carboxylic acids is 1. The van der Waals surface area contributed by atoms with Crippen molar-refractivity contribution in [2.24, 2.45) is 11.5 Å². The third-order valence-corrected chi connectivity index (χ3v) is 9.27. The maximum absolute atomic E-state index is 14.2. The summed E-state index contributed by atoms with van der Waals surface area (Å²) in [4.78, 5) is 84.6. The largest absolute Gasteiger partial charge is 0.508 e. The standard InChI is InChI=1S/C40H50N8O9/c1-23(49)33(21-35(42)51)47-36(52)19-26(7-4-5-16-41)44-39(55)34(18-25-22-43-30-9-3-2-8-29(25)30)48-37(53)20-27(17-24-12-14-28(50)15-13-24)45-38(54)31-10-6-11-32(46-31)40(56)57/h2-3,6,8-15,22-23,26-27,33-34,43,49-50H,4-5,7,16-21,41H2,1H3,(H2,42,51)(H,44,55)(H,45,54)(H,47,52)(H,48,53)(H,56,57)/t23-,26+,27+,33-,34+/m1/s1. The molecule has 304 valence electrons. The van der Waals surface area contributed by atoms with Gasteiger partial charge in [0.1, 0.15) is 23.2 Å². The summed E-state index contributed by atoms with van der Waals surface area (Å²) in [6, 6.07) is 13.9. The number of carbonyl (C=O) groups excluding carboxylic acids is 5. The Labute approximate surface area is 329 Å². The zero-order chi connectivity index (χ0) is 41.5. The number of aromatic hydroxyl groups is 1. The average Bonchev–Trinajstić information content (AvgIpc) is 3.57. The third kappa shape index (κ3) is 13.7. The number of nitrogens with two attached hydrogens (primary N) is 2. The van der Waals surface area contributed by atoms with Gasteiger partial charge in [-0.15, -0.1) is 0 Å². The van der Waals surface area contributed by atoms with E-state index in [1.54, 1.807) is 18.3 Å². The fraction of sp³-hybridized carbons (Fsp3) is 0.375. The number of H-pyrrole nitrogens is 1. The fourth-order valence-corrected chi connectivity index (χ4v) is 6.35. The van der Waals surface area contributed by atoms with Crippen molar-refractivity contribution in [3.63, 3.8) is 0 Å². The molecule has 2 heterocycles. The number of aliphatic hydroxyl groups excluding tert-OH is 1. The van der Waals surface area contributed by atoms with E-state index in [0.29, 0.717) is 31.4 Å². The van der Waals surface area contributed by atoms with Gasteiger partial charge in [0.05, 0.1) is 12.1 Å². The van der Waals surface area contributed by atoms with E-state index in [4.69, 9.17) is 11.5 Å². The van der Waals surface area contributed by atoms with E-state index >= 15 is 0 Å². The van der Waals surface area contributed by atoms with Crippen molar-refractivity contribution in [3.05, 3.63) is 95.4 Å². The smallest absolute Gasteiger partial charge is 0.354 e. The van der Waals surface area contributed by atoms with Gasteiger partial charge in [0.15, 0.2) is 0 Å². The topological polar surface area (TPSA) is 292 Å². The monoisotopic (exact) mass is 786 g/mol. The van der Waals surface area contributed by atoms with Crippen LogP contribution in [-0.2, 0) is 32.0 Å². The number of primary amides is 1. The molecule has 0 bridgehead atoms. The third-order valence-electron chi connectivity index (χ3n) is 9.27. The molecule has 57 heavy (non-hydrogen) atoms. The molecule has 0 aliphatic carbocycles. The molecule has 0 unspecified atom stereocenters. The first-order chi connectivity index (χ1) is 27.2. The number of phenols is 1. The molecule has 0 aliphatic heterocycles. The molecule has 17 nitrogen and oxygen atoms in total. The van der Waals surface area contributed by atoms with Gasteiger partial charge in [-0.3, -0.25) is 24.0 Å². The van der Waals surface area contributed by atoms with Crippen LogP contribution in [0.4, 0.5) is 0 Å². The van der Waals surface area contributed by atoms with E-state index in [9.17, 15) is 44.1 Å². The van der Waals surface area contributed by atoms with Crippen molar-refractivity contribution in [1.82, 2.24) is 31.2 Å². The lowest BCUT2D eigenvalue weighted by Crippen LogP contribution is -2.53. The lowest BCUT2D eigenvalue weighted by Gasteiger charge is -2.26. The number of aromatic nitrogens is 2. The number of pyridine rings is 1. The van der Waals surface area contributed by atoms with Gasteiger partial charge in [0.2, 0.25) is 23.6 Å². The molecule has 0 spiro atoms. The Kier molecular flexibility index (Phi) is 16.1. The number of rotatable bonds is 22. The molecule has 5 atom stereocenters. The number of aromatic amines is 1. The lowest BCUT2D eigenvalue weighted by molar-refractivity contribution is -0.130. The van der Waals surface area contributed by atoms with Crippen LogP contribution in [0, 0.1) is 0 Å². The molecule has 2 aromatic carbocycles. The molecule has 17 heteroatoms. The zero-order valence-corrected chi connectivity index (χ0v) is 31.6. The van der Waals surface area contributed by atoms with Crippen molar-refractivity contribution < 1.29 is 44.1 Å². The molecule has 0 radical (unpaired) electrons. The number of nitrogens with zero attached hydrogens (tertiary/aromatic N) is 1. The van der Waals surface area contributed by atoms with Gasteiger partial charge < -0.3 is 53.0 Å². The van der Waals surface area contributed by atoms with Gasteiger partial charge >= 0.3 is 5.97 Å². The number of benzene rings is 2. The first-order valence-electron chi connectivity index (χ1n) is 18.6. The lowest BCUT2D eigenvalue weighted by atomic mass is 10.00. The van der Waals surface area contributed by atoms with Gasteiger partial charge in [-0.1, -0.05) is 42.8 Å². The summed E-state index contributed by atoms with van der Waals surface area (Å²) in [7, 11) is 0. The number of amides is 5. The van der Waals surface area contributed by atoms with Crippen molar-refractivity contribution in [1.29, 1.82) is 0 Å². The highest BCUT2D eigenvalue weighted by Gasteiger charge is 2.29. The maximum Gasteiger partial charge on any atom is 0.354 e. The number of para-hydroxylation sites is 1. The van der Waals surface area contributed by atoms with Crippen molar-refractivity contribution in [2.75, 3.05) is 6.54 Å². The van der Waals surface area contributed by atoms with Crippen LogP contribution in [-0.4, -0.2) is 97.6 Å². The van der Waals surface area contributed by atoms with Crippen LogP contribution in [0.5, 0.6) is 5.75 Å². The molecule has 0 fully saturated rings. The van der Waals surface area contributed by atoms with Crippen LogP contribution < -0.4 is 32.7 Å². The summed E-state index contributed by atoms with van der Waals surface area (Å²) in [5.41, 5.74) is 12.7. The number of carboxylic acid groups (broad SMARTS) is 1. The van der Waals surface area contributed by atoms with Crippen molar-refractivity contribution in [3.8, 4) is 5.75 Å². The Balaban J connectivity index is 1.58. The first-order valence-corrected chi connectivity index (χ1v) is 18.6. The van der Waals surface area contributed by atoms with E-state index < -0.39 is 65.8 Å². The molecular formula is C40H50N8O9. The average molecular weight is 787 g/mol. The van der Waals surface area contributed by atoms with E-state index in [1.165, 1.54) is 37.3 Å². The number of hydrogen-bond acceptors (Lipinski definition) is 10. The minimum Gasteiger partial charge on any atom is -0.508 e. The van der Waals surface area contributed by atoms with Crippen molar-refractivity contribution in [2.45, 2.75) is 88.6 Å². The quantitative estimate of drug-likeness (QED) is 0.0505. The second-order valence-electron chi connectivity index (χ2n) is 13.9. The number of carbonyl (C=O) groups is 6. The number of phenolic OH excluding ortho intramolecular Hbond substituents is 1. The minimum absolute atomic E-state index is 0.0187. The Bertz CT molecular complexity index is 2020. The molecule has 2 aromatic heterocycles. The number of fused-ring (bicyclic) bond motifs is 1. The van der Waals surface area contributed by atoms with Gasteiger partial charge in [0.25, 0.3) is 5.91 Å². The molecule has 0 aliphatic rings. The zero-order valence-electron chi connectivity index (χ0n) is 31.6. The normalized spacial score (nSPS) is 13.7. The molecule has 4 aromatic rings. The Morgan fingerprint density at radius 2 is 1.47 bits per heavy atom. The van der Waals surface area contributed by atoms with Crippen LogP contribution in [0.3, 0.4) is 0 Å². The van der Waals surface area contributed by atoms with Crippen LogP contribution in [0.25, 0.3) is 10.9 Å². The molecule has 12 N–H and O–H groups in total. The summed E-state index contributed by atoms with van der Waals surface area (Å²) in [5, 5.41) is 41.2. The summed E-state index contributed by atoms with van der Waals surface area (Å²) < 4.78 is 0. The first kappa shape index (κ1) is 43.4. The number of nitrogens with one attached hydrogen (secondary N) is 5. The summed E-state index contributed by atoms with van der Waals surface area (Å²) >= 11 is 0. The second-order valence-corrected chi connectivity index (χ2v) is 13.9. The Hall–Kier alpha value is -6.33.